The van der Waals surface area contributed by atoms with Crippen LogP contribution in [-0.2, 0) is 6.54 Å². The number of nitrogens with one attached hydrogen (secondary N) is 2. The van der Waals surface area contributed by atoms with E-state index >= 15 is 0 Å². The zero-order valence-electron chi connectivity index (χ0n) is 11.1. The Bertz CT molecular complexity index is 515. The van der Waals surface area contributed by atoms with Crippen molar-refractivity contribution in [2.75, 3.05) is 19.6 Å². The smallest absolute Gasteiger partial charge is 0.123 e. The van der Waals surface area contributed by atoms with Crippen LogP contribution in [0.25, 0.3) is 0 Å². The molecule has 2 aromatic carbocycles. The van der Waals surface area contributed by atoms with Crippen molar-refractivity contribution < 1.29 is 9.47 Å². The normalized spacial score (nSPS) is 10.0. The third-order valence-electron chi connectivity index (χ3n) is 2.77. The first-order valence-electron chi connectivity index (χ1n) is 6.08. The third-order valence-corrected chi connectivity index (χ3v) is 2.77. The third kappa shape index (κ3) is 3.63. The predicted molar refractivity (Wildman–Crippen MR) is 76.5 cm³/mol. The van der Waals surface area contributed by atoms with Gasteiger partial charge in [-0.2, -0.15) is 0 Å². The standard InChI is InChI=1S/C15H18N2O2/c1-18-14-8-9-15(19-2)12(10-14)11-16-17-13-6-4-3-5-7-13/h3-10,16-17H,11H2,1-2H3. The second-order valence-electron chi connectivity index (χ2n) is 4.02. The van der Waals surface area contributed by atoms with Gasteiger partial charge >= 0.3 is 0 Å². The van der Waals surface area contributed by atoms with Gasteiger partial charge in [0.05, 0.1) is 14.2 Å². The molecule has 0 aliphatic heterocycles. The lowest BCUT2D eigenvalue weighted by Crippen LogP contribution is -2.21. The largest absolute Gasteiger partial charge is 0.497 e. The van der Waals surface area contributed by atoms with Crippen molar-refractivity contribution in [3.05, 3.63) is 54.1 Å². The zero-order chi connectivity index (χ0) is 13.5. The van der Waals surface area contributed by atoms with Crippen LogP contribution in [0.4, 0.5) is 5.69 Å². The molecule has 0 aromatic heterocycles. The lowest BCUT2D eigenvalue weighted by Gasteiger charge is -2.12. The number of ether oxygens (including phenoxy) is 2. The number of benzene rings is 2. The highest BCUT2D eigenvalue weighted by molar-refractivity contribution is 5.43. The highest BCUT2D eigenvalue weighted by Crippen LogP contribution is 2.23. The summed E-state index contributed by atoms with van der Waals surface area (Å²) in [6, 6.07) is 15.7. The van der Waals surface area contributed by atoms with Gasteiger partial charge in [0.25, 0.3) is 0 Å². The Labute approximate surface area is 113 Å². The molecule has 0 saturated heterocycles. The molecule has 0 saturated carbocycles. The van der Waals surface area contributed by atoms with Gasteiger partial charge in [-0.1, -0.05) is 18.2 Å². The van der Waals surface area contributed by atoms with E-state index in [0.717, 1.165) is 22.7 Å². The fourth-order valence-corrected chi connectivity index (χ4v) is 1.78. The lowest BCUT2D eigenvalue weighted by molar-refractivity contribution is 0.397. The minimum atomic E-state index is 0.634. The molecule has 0 bridgehead atoms. The number of hydrogen-bond acceptors (Lipinski definition) is 4. The number of para-hydroxylation sites is 1. The summed E-state index contributed by atoms with van der Waals surface area (Å²) in [7, 11) is 3.32. The van der Waals surface area contributed by atoms with E-state index in [0.29, 0.717) is 6.54 Å². The molecule has 0 amide bonds. The molecule has 4 heteroatoms. The first-order chi connectivity index (χ1) is 9.33. The summed E-state index contributed by atoms with van der Waals surface area (Å²) in [5, 5.41) is 0. The minimum Gasteiger partial charge on any atom is -0.497 e. The van der Waals surface area contributed by atoms with Crippen LogP contribution in [0.5, 0.6) is 11.5 Å². The van der Waals surface area contributed by atoms with E-state index in [1.807, 2.05) is 48.5 Å². The topological polar surface area (TPSA) is 42.5 Å². The average molecular weight is 258 g/mol. The van der Waals surface area contributed by atoms with Gasteiger partial charge in [-0.3, -0.25) is 0 Å². The Hall–Kier alpha value is -2.20. The number of anilines is 1. The van der Waals surface area contributed by atoms with Gasteiger partial charge in [0, 0.05) is 17.8 Å². The van der Waals surface area contributed by atoms with Crippen LogP contribution in [-0.4, -0.2) is 14.2 Å². The Morgan fingerprint density at radius 1 is 0.947 bits per heavy atom. The van der Waals surface area contributed by atoms with Crippen molar-refractivity contribution in [2.45, 2.75) is 6.54 Å². The number of methoxy groups -OCH3 is 2. The van der Waals surface area contributed by atoms with Crippen molar-refractivity contribution in [3.63, 3.8) is 0 Å². The molecule has 0 unspecified atom stereocenters. The molecular weight excluding hydrogens is 240 g/mol. The molecule has 2 aromatic rings. The molecule has 0 spiro atoms. The van der Waals surface area contributed by atoms with Crippen LogP contribution < -0.4 is 20.3 Å². The van der Waals surface area contributed by atoms with Crippen molar-refractivity contribution in [2.24, 2.45) is 0 Å². The first-order valence-corrected chi connectivity index (χ1v) is 6.08. The average Bonchev–Trinajstić information content (AvgIpc) is 2.48. The van der Waals surface area contributed by atoms with E-state index in [-0.39, 0.29) is 0 Å². The molecule has 0 heterocycles. The Morgan fingerprint density at radius 2 is 1.74 bits per heavy atom. The number of rotatable bonds is 6. The van der Waals surface area contributed by atoms with Gasteiger partial charge in [-0.05, 0) is 30.3 Å². The van der Waals surface area contributed by atoms with Crippen LogP contribution in [0.15, 0.2) is 48.5 Å². The molecule has 0 radical (unpaired) electrons. The Balaban J connectivity index is 1.98. The first kappa shape index (κ1) is 13.2. The maximum absolute atomic E-state index is 5.32. The predicted octanol–water partition coefficient (Wildman–Crippen LogP) is 2.82. The Kier molecular flexibility index (Phi) is 4.64. The van der Waals surface area contributed by atoms with Gasteiger partial charge in [0.2, 0.25) is 0 Å². The monoisotopic (exact) mass is 258 g/mol. The molecular formula is C15H18N2O2. The van der Waals surface area contributed by atoms with Gasteiger partial charge < -0.3 is 14.9 Å². The SMILES string of the molecule is COc1ccc(OC)c(CNNc2ccccc2)c1. The van der Waals surface area contributed by atoms with Crippen molar-refractivity contribution in [3.8, 4) is 11.5 Å². The van der Waals surface area contributed by atoms with Gasteiger partial charge in [0.15, 0.2) is 0 Å². The molecule has 0 fully saturated rings. The zero-order valence-corrected chi connectivity index (χ0v) is 11.1. The molecule has 4 nitrogen and oxygen atoms in total. The second-order valence-corrected chi connectivity index (χ2v) is 4.02. The molecule has 0 aliphatic rings. The highest BCUT2D eigenvalue weighted by Gasteiger charge is 2.04. The van der Waals surface area contributed by atoms with Gasteiger partial charge in [-0.25, -0.2) is 5.43 Å². The molecule has 2 N–H and O–H groups in total. The van der Waals surface area contributed by atoms with Crippen LogP contribution in [0.3, 0.4) is 0 Å². The minimum absolute atomic E-state index is 0.634. The fourth-order valence-electron chi connectivity index (χ4n) is 1.78. The van der Waals surface area contributed by atoms with E-state index in [1.165, 1.54) is 0 Å². The van der Waals surface area contributed by atoms with Gasteiger partial charge in [-0.15, -0.1) is 0 Å². The number of hydrazine groups is 1. The molecule has 0 atom stereocenters. The lowest BCUT2D eigenvalue weighted by atomic mass is 10.2. The summed E-state index contributed by atoms with van der Waals surface area (Å²) < 4.78 is 10.5. The van der Waals surface area contributed by atoms with Crippen LogP contribution >= 0.6 is 0 Å². The summed E-state index contributed by atoms with van der Waals surface area (Å²) in [6.45, 7) is 0.634. The van der Waals surface area contributed by atoms with Crippen molar-refractivity contribution in [1.82, 2.24) is 5.43 Å². The Morgan fingerprint density at radius 3 is 2.42 bits per heavy atom. The molecule has 19 heavy (non-hydrogen) atoms. The number of hydrogen-bond donors (Lipinski definition) is 2. The molecule has 100 valence electrons. The van der Waals surface area contributed by atoms with Crippen LogP contribution in [0, 0.1) is 0 Å². The van der Waals surface area contributed by atoms with E-state index in [2.05, 4.69) is 10.9 Å². The fraction of sp³-hybridized carbons (Fsp3) is 0.200. The van der Waals surface area contributed by atoms with Crippen molar-refractivity contribution in [1.29, 1.82) is 0 Å². The van der Waals surface area contributed by atoms with E-state index in [1.54, 1.807) is 14.2 Å². The maximum atomic E-state index is 5.32. The summed E-state index contributed by atoms with van der Waals surface area (Å²) in [5.41, 5.74) is 8.34. The summed E-state index contributed by atoms with van der Waals surface area (Å²) in [5.74, 6) is 1.65. The summed E-state index contributed by atoms with van der Waals surface area (Å²) >= 11 is 0. The van der Waals surface area contributed by atoms with E-state index in [9.17, 15) is 0 Å². The maximum Gasteiger partial charge on any atom is 0.123 e. The van der Waals surface area contributed by atoms with Crippen LogP contribution in [0.2, 0.25) is 0 Å². The van der Waals surface area contributed by atoms with E-state index < -0.39 is 0 Å². The molecule has 2 rings (SSSR count). The second kappa shape index (κ2) is 6.66. The summed E-state index contributed by atoms with van der Waals surface area (Å²) in [6.07, 6.45) is 0. The quantitative estimate of drug-likeness (QED) is 0.782. The van der Waals surface area contributed by atoms with Crippen LogP contribution in [0.1, 0.15) is 5.56 Å². The molecule has 0 aliphatic carbocycles. The highest BCUT2D eigenvalue weighted by atomic mass is 16.5. The van der Waals surface area contributed by atoms with Gasteiger partial charge in [0.1, 0.15) is 11.5 Å². The van der Waals surface area contributed by atoms with Crippen molar-refractivity contribution >= 4 is 5.69 Å². The van der Waals surface area contributed by atoms with E-state index in [4.69, 9.17) is 9.47 Å². The summed E-state index contributed by atoms with van der Waals surface area (Å²) in [4.78, 5) is 0.